The van der Waals surface area contributed by atoms with E-state index >= 15 is 0 Å². The van der Waals surface area contributed by atoms with Crippen molar-refractivity contribution in [2.45, 2.75) is 13.3 Å². The largest absolute Gasteiger partial charge is 0.478 e. The van der Waals surface area contributed by atoms with E-state index in [1.54, 1.807) is 30.4 Å². The van der Waals surface area contributed by atoms with Gasteiger partial charge in [-0.25, -0.2) is 9.78 Å². The molecule has 2 rings (SSSR count). The lowest BCUT2D eigenvalue weighted by atomic mass is 10.2. The van der Waals surface area contributed by atoms with Crippen LogP contribution < -0.4 is 5.32 Å². The molecule has 0 aromatic carbocycles. The first kappa shape index (κ1) is 12.6. The van der Waals surface area contributed by atoms with Crippen molar-refractivity contribution < 1.29 is 9.90 Å². The zero-order chi connectivity index (χ0) is 13.0. The van der Waals surface area contributed by atoms with E-state index in [1.165, 1.54) is 4.88 Å². The zero-order valence-corrected chi connectivity index (χ0v) is 10.8. The molecule has 4 nitrogen and oxygen atoms in total. The van der Waals surface area contributed by atoms with Gasteiger partial charge in [0.25, 0.3) is 0 Å². The van der Waals surface area contributed by atoms with E-state index in [0.717, 1.165) is 13.0 Å². The first-order valence-corrected chi connectivity index (χ1v) is 6.52. The van der Waals surface area contributed by atoms with Gasteiger partial charge in [0.1, 0.15) is 5.82 Å². The lowest BCUT2D eigenvalue weighted by molar-refractivity contribution is 0.0695. The Morgan fingerprint density at radius 1 is 1.44 bits per heavy atom. The minimum absolute atomic E-state index is 0.249. The number of nitrogens with zero attached hydrogens (tertiary/aromatic N) is 1. The second kappa shape index (κ2) is 5.64. The molecule has 0 radical (unpaired) electrons. The number of carbonyl (C=O) groups is 1. The standard InChI is InChI=1S/C13H14N2O2S/c1-9-11(13(16)17)4-5-12(15-9)14-7-6-10-3-2-8-18-10/h2-5,8H,6-7H2,1H3,(H,14,15)(H,16,17). The van der Waals surface area contributed by atoms with Gasteiger partial charge in [-0.1, -0.05) is 6.07 Å². The molecule has 18 heavy (non-hydrogen) atoms. The second-order valence-electron chi connectivity index (χ2n) is 3.89. The molecule has 0 saturated carbocycles. The Balaban J connectivity index is 1.94. The van der Waals surface area contributed by atoms with Crippen LogP contribution in [0.15, 0.2) is 29.6 Å². The van der Waals surface area contributed by atoms with Gasteiger partial charge in [0.2, 0.25) is 0 Å². The minimum Gasteiger partial charge on any atom is -0.478 e. The number of carboxylic acids is 1. The van der Waals surface area contributed by atoms with Crippen molar-refractivity contribution in [3.63, 3.8) is 0 Å². The van der Waals surface area contributed by atoms with Crippen molar-refractivity contribution in [3.8, 4) is 0 Å². The Morgan fingerprint density at radius 3 is 2.89 bits per heavy atom. The summed E-state index contributed by atoms with van der Waals surface area (Å²) in [5.41, 5.74) is 0.780. The van der Waals surface area contributed by atoms with Gasteiger partial charge in [-0.2, -0.15) is 0 Å². The second-order valence-corrected chi connectivity index (χ2v) is 4.92. The van der Waals surface area contributed by atoms with Crippen LogP contribution in [0.1, 0.15) is 20.9 Å². The molecule has 2 N–H and O–H groups in total. The fourth-order valence-electron chi connectivity index (χ4n) is 1.65. The van der Waals surface area contributed by atoms with E-state index in [1.807, 2.05) is 6.07 Å². The summed E-state index contributed by atoms with van der Waals surface area (Å²) in [4.78, 5) is 16.4. The van der Waals surface area contributed by atoms with Crippen LogP contribution in [-0.4, -0.2) is 22.6 Å². The van der Waals surface area contributed by atoms with E-state index < -0.39 is 5.97 Å². The number of hydrogen-bond acceptors (Lipinski definition) is 4. The molecule has 2 aromatic rings. The lowest BCUT2D eigenvalue weighted by Gasteiger charge is -2.07. The number of aryl methyl sites for hydroxylation is 1. The average molecular weight is 262 g/mol. The Morgan fingerprint density at radius 2 is 2.28 bits per heavy atom. The summed E-state index contributed by atoms with van der Waals surface area (Å²) in [7, 11) is 0. The molecule has 0 amide bonds. The molecule has 0 aliphatic carbocycles. The summed E-state index contributed by atoms with van der Waals surface area (Å²) in [5.74, 6) is -0.223. The molecule has 5 heteroatoms. The minimum atomic E-state index is -0.940. The third kappa shape index (κ3) is 3.07. The quantitative estimate of drug-likeness (QED) is 0.869. The number of carboxylic acid groups (broad SMARTS) is 1. The predicted octanol–water partition coefficient (Wildman–Crippen LogP) is 2.80. The number of thiophene rings is 1. The average Bonchev–Trinajstić information content (AvgIpc) is 2.81. The maximum absolute atomic E-state index is 10.8. The SMILES string of the molecule is Cc1nc(NCCc2cccs2)ccc1C(=O)O. The maximum atomic E-state index is 10.8. The number of aromatic nitrogens is 1. The van der Waals surface area contributed by atoms with Crippen LogP contribution in [0.4, 0.5) is 5.82 Å². The number of nitrogens with one attached hydrogen (secondary N) is 1. The van der Waals surface area contributed by atoms with Crippen molar-refractivity contribution in [1.29, 1.82) is 0 Å². The summed E-state index contributed by atoms with van der Waals surface area (Å²) >= 11 is 1.73. The van der Waals surface area contributed by atoms with Crippen LogP contribution >= 0.6 is 11.3 Å². The molecule has 2 aromatic heterocycles. The molecular formula is C13H14N2O2S. The van der Waals surface area contributed by atoms with E-state index in [0.29, 0.717) is 11.5 Å². The number of anilines is 1. The molecule has 0 fully saturated rings. The first-order chi connectivity index (χ1) is 8.66. The van der Waals surface area contributed by atoms with Gasteiger partial charge in [-0.05, 0) is 36.9 Å². The third-order valence-electron chi connectivity index (χ3n) is 2.57. The highest BCUT2D eigenvalue weighted by Crippen LogP contribution is 2.12. The molecule has 2 heterocycles. The first-order valence-electron chi connectivity index (χ1n) is 5.64. The normalized spacial score (nSPS) is 10.3. The Hall–Kier alpha value is -1.88. The topological polar surface area (TPSA) is 62.2 Å². The Kier molecular flexibility index (Phi) is 3.94. The molecule has 0 bridgehead atoms. The smallest absolute Gasteiger partial charge is 0.337 e. The van der Waals surface area contributed by atoms with Crippen molar-refractivity contribution in [3.05, 3.63) is 45.8 Å². The lowest BCUT2D eigenvalue weighted by Crippen LogP contribution is -2.08. The van der Waals surface area contributed by atoms with Crippen molar-refractivity contribution >= 4 is 23.1 Å². The Labute approximate surface area is 109 Å². The van der Waals surface area contributed by atoms with Gasteiger partial charge in [-0.3, -0.25) is 0 Å². The van der Waals surface area contributed by atoms with Gasteiger partial charge in [0.05, 0.1) is 11.3 Å². The fraction of sp³-hybridized carbons (Fsp3) is 0.231. The van der Waals surface area contributed by atoms with Crippen molar-refractivity contribution in [1.82, 2.24) is 4.98 Å². The van der Waals surface area contributed by atoms with Crippen LogP contribution in [0.2, 0.25) is 0 Å². The zero-order valence-electron chi connectivity index (χ0n) is 10.0. The van der Waals surface area contributed by atoms with Crippen LogP contribution in [0.5, 0.6) is 0 Å². The van der Waals surface area contributed by atoms with Crippen LogP contribution in [0.3, 0.4) is 0 Å². The molecule has 0 aliphatic rings. The van der Waals surface area contributed by atoms with Gasteiger partial charge >= 0.3 is 5.97 Å². The summed E-state index contributed by atoms with van der Waals surface area (Å²) in [6, 6.07) is 7.41. The van der Waals surface area contributed by atoms with E-state index in [9.17, 15) is 4.79 Å². The van der Waals surface area contributed by atoms with Gasteiger partial charge in [0, 0.05) is 11.4 Å². The summed E-state index contributed by atoms with van der Waals surface area (Å²) in [6.45, 7) is 2.49. The number of rotatable bonds is 5. The van der Waals surface area contributed by atoms with Gasteiger partial charge < -0.3 is 10.4 Å². The molecule has 94 valence electrons. The molecule has 0 unspecified atom stereocenters. The summed E-state index contributed by atoms with van der Waals surface area (Å²) in [6.07, 6.45) is 0.944. The summed E-state index contributed by atoms with van der Waals surface area (Å²) < 4.78 is 0. The maximum Gasteiger partial charge on any atom is 0.337 e. The molecular weight excluding hydrogens is 248 g/mol. The van der Waals surface area contributed by atoms with Gasteiger partial charge in [0.15, 0.2) is 0 Å². The van der Waals surface area contributed by atoms with Gasteiger partial charge in [-0.15, -0.1) is 11.3 Å². The highest BCUT2D eigenvalue weighted by molar-refractivity contribution is 7.09. The summed E-state index contributed by atoms with van der Waals surface area (Å²) in [5, 5.41) is 14.1. The molecule has 0 atom stereocenters. The van der Waals surface area contributed by atoms with E-state index in [-0.39, 0.29) is 5.56 Å². The van der Waals surface area contributed by atoms with Crippen LogP contribution in [0.25, 0.3) is 0 Å². The molecule has 0 saturated heterocycles. The monoisotopic (exact) mass is 262 g/mol. The van der Waals surface area contributed by atoms with Crippen molar-refractivity contribution in [2.24, 2.45) is 0 Å². The van der Waals surface area contributed by atoms with Crippen LogP contribution in [-0.2, 0) is 6.42 Å². The highest BCUT2D eigenvalue weighted by atomic mass is 32.1. The molecule has 0 spiro atoms. The number of aromatic carboxylic acids is 1. The van der Waals surface area contributed by atoms with Crippen LogP contribution in [0, 0.1) is 6.92 Å². The number of pyridine rings is 1. The fourth-order valence-corrected chi connectivity index (χ4v) is 2.36. The van der Waals surface area contributed by atoms with E-state index in [4.69, 9.17) is 5.11 Å². The third-order valence-corrected chi connectivity index (χ3v) is 3.51. The van der Waals surface area contributed by atoms with E-state index in [2.05, 4.69) is 21.7 Å². The van der Waals surface area contributed by atoms with Crippen molar-refractivity contribution in [2.75, 3.05) is 11.9 Å². The highest BCUT2D eigenvalue weighted by Gasteiger charge is 2.08. The Bertz CT molecular complexity index is 538. The number of hydrogen-bond donors (Lipinski definition) is 2. The predicted molar refractivity (Wildman–Crippen MR) is 72.4 cm³/mol. The molecule has 0 aliphatic heterocycles.